The summed E-state index contributed by atoms with van der Waals surface area (Å²) in [5.74, 6) is 0.547. The van der Waals surface area contributed by atoms with E-state index in [-0.39, 0.29) is 24.8 Å². The Bertz CT molecular complexity index is 1200. The Morgan fingerprint density at radius 3 is 2.21 bits per heavy atom. The lowest BCUT2D eigenvalue weighted by Gasteiger charge is -2.16. The summed E-state index contributed by atoms with van der Waals surface area (Å²) < 4.78 is 11.3. The highest BCUT2D eigenvalue weighted by atomic mass is 16.5. The molecular formula is C27H26N2O4. The molecule has 0 aromatic heterocycles. The molecule has 0 saturated heterocycles. The number of methoxy groups -OCH3 is 1. The van der Waals surface area contributed by atoms with Crippen LogP contribution in [0.15, 0.2) is 78.5 Å². The average molecular weight is 443 g/mol. The van der Waals surface area contributed by atoms with Crippen LogP contribution in [0.1, 0.15) is 16.7 Å². The second-order valence-corrected chi connectivity index (χ2v) is 7.88. The van der Waals surface area contributed by atoms with Crippen LogP contribution in [-0.2, 0) is 9.59 Å². The second-order valence-electron chi connectivity index (χ2n) is 7.88. The summed E-state index contributed by atoms with van der Waals surface area (Å²) in [5.41, 5.74) is 4.02. The molecule has 0 atom stereocenters. The Morgan fingerprint density at radius 2 is 1.52 bits per heavy atom. The molecule has 3 aromatic rings. The maximum atomic E-state index is 13.3. The third kappa shape index (κ3) is 4.75. The number of aryl methyl sites for hydroxylation is 2. The molecular weight excluding hydrogens is 416 g/mol. The van der Waals surface area contributed by atoms with Gasteiger partial charge in [-0.15, -0.1) is 0 Å². The molecule has 1 aliphatic heterocycles. The lowest BCUT2D eigenvalue weighted by Crippen LogP contribution is -2.36. The van der Waals surface area contributed by atoms with Crippen molar-refractivity contribution in [1.29, 1.82) is 0 Å². The number of nitrogens with zero attached hydrogens (tertiary/aromatic N) is 1. The van der Waals surface area contributed by atoms with Crippen LogP contribution in [-0.4, -0.2) is 37.0 Å². The number of amides is 2. The summed E-state index contributed by atoms with van der Waals surface area (Å²) >= 11 is 0. The fraction of sp³-hybridized carbons (Fsp3) is 0.185. The highest BCUT2D eigenvalue weighted by Crippen LogP contribution is 2.33. The molecule has 2 amide bonds. The van der Waals surface area contributed by atoms with Crippen molar-refractivity contribution in [1.82, 2.24) is 4.90 Å². The number of hydrogen-bond acceptors (Lipinski definition) is 5. The first kappa shape index (κ1) is 22.1. The normalized spacial score (nSPS) is 13.5. The Balaban J connectivity index is 1.59. The Kier molecular flexibility index (Phi) is 6.45. The van der Waals surface area contributed by atoms with E-state index in [1.165, 1.54) is 4.90 Å². The minimum atomic E-state index is -0.395. The number of carbonyl (C=O) groups excluding carboxylic acids is 2. The fourth-order valence-corrected chi connectivity index (χ4v) is 3.92. The molecule has 6 nitrogen and oxygen atoms in total. The number of nitrogens with one attached hydrogen (secondary N) is 1. The van der Waals surface area contributed by atoms with Gasteiger partial charge in [-0.1, -0.05) is 48.5 Å². The number of benzene rings is 3. The maximum absolute atomic E-state index is 13.3. The van der Waals surface area contributed by atoms with E-state index in [1.807, 2.05) is 68.4 Å². The molecule has 0 radical (unpaired) electrons. The zero-order valence-corrected chi connectivity index (χ0v) is 18.9. The first-order valence-corrected chi connectivity index (χ1v) is 10.7. The SMILES string of the molecule is COc1ccccc1NC1=C(c2ccccc2)C(=O)N(CCOc2cc(C)cc(C)c2)C1=O. The van der Waals surface area contributed by atoms with Crippen LogP contribution in [0, 0.1) is 13.8 Å². The molecule has 4 rings (SSSR count). The van der Waals surface area contributed by atoms with Gasteiger partial charge in [-0.25, -0.2) is 0 Å². The van der Waals surface area contributed by atoms with Gasteiger partial charge >= 0.3 is 0 Å². The summed E-state index contributed by atoms with van der Waals surface area (Å²) in [6.45, 7) is 4.33. The summed E-state index contributed by atoms with van der Waals surface area (Å²) in [5, 5.41) is 3.14. The van der Waals surface area contributed by atoms with Crippen molar-refractivity contribution in [2.75, 3.05) is 25.6 Å². The maximum Gasteiger partial charge on any atom is 0.278 e. The molecule has 0 fully saturated rings. The minimum Gasteiger partial charge on any atom is -0.495 e. The number of ether oxygens (including phenoxy) is 2. The van der Waals surface area contributed by atoms with Gasteiger partial charge in [-0.05, 0) is 54.8 Å². The number of carbonyl (C=O) groups is 2. The van der Waals surface area contributed by atoms with Gasteiger partial charge < -0.3 is 14.8 Å². The number of imide groups is 1. The predicted octanol–water partition coefficient (Wildman–Crippen LogP) is 4.58. The molecule has 3 aromatic carbocycles. The van der Waals surface area contributed by atoms with Crippen molar-refractivity contribution in [3.05, 3.63) is 95.2 Å². The fourth-order valence-electron chi connectivity index (χ4n) is 3.92. The first-order chi connectivity index (χ1) is 16.0. The van der Waals surface area contributed by atoms with Crippen LogP contribution in [0.25, 0.3) is 5.57 Å². The van der Waals surface area contributed by atoms with Crippen LogP contribution in [0.2, 0.25) is 0 Å². The van der Waals surface area contributed by atoms with E-state index < -0.39 is 5.91 Å². The van der Waals surface area contributed by atoms with Crippen molar-refractivity contribution < 1.29 is 19.1 Å². The molecule has 0 spiro atoms. The first-order valence-electron chi connectivity index (χ1n) is 10.7. The quantitative estimate of drug-likeness (QED) is 0.517. The number of hydrogen-bond donors (Lipinski definition) is 1. The molecule has 0 bridgehead atoms. The van der Waals surface area contributed by atoms with Gasteiger partial charge in [-0.3, -0.25) is 14.5 Å². The summed E-state index contributed by atoms with van der Waals surface area (Å²) in [7, 11) is 1.56. The lowest BCUT2D eigenvalue weighted by molar-refractivity contribution is -0.137. The van der Waals surface area contributed by atoms with Crippen LogP contribution in [0.3, 0.4) is 0 Å². The monoisotopic (exact) mass is 442 g/mol. The van der Waals surface area contributed by atoms with E-state index in [2.05, 4.69) is 11.4 Å². The van der Waals surface area contributed by atoms with E-state index in [0.29, 0.717) is 22.6 Å². The Hall–Kier alpha value is -4.06. The van der Waals surface area contributed by atoms with Crippen molar-refractivity contribution >= 4 is 23.1 Å². The number of para-hydroxylation sites is 2. The molecule has 1 N–H and O–H groups in total. The molecule has 0 saturated carbocycles. The summed E-state index contributed by atoms with van der Waals surface area (Å²) in [6.07, 6.45) is 0. The minimum absolute atomic E-state index is 0.137. The highest BCUT2D eigenvalue weighted by Gasteiger charge is 2.39. The zero-order chi connectivity index (χ0) is 23.4. The van der Waals surface area contributed by atoms with E-state index in [9.17, 15) is 9.59 Å². The third-order valence-corrected chi connectivity index (χ3v) is 5.38. The van der Waals surface area contributed by atoms with Gasteiger partial charge in [0.05, 0.1) is 24.9 Å². The van der Waals surface area contributed by atoms with E-state index >= 15 is 0 Å². The highest BCUT2D eigenvalue weighted by molar-refractivity contribution is 6.36. The molecule has 33 heavy (non-hydrogen) atoms. The van der Waals surface area contributed by atoms with Gasteiger partial charge in [0.2, 0.25) is 0 Å². The van der Waals surface area contributed by atoms with E-state index in [4.69, 9.17) is 9.47 Å². The molecule has 0 aliphatic carbocycles. The van der Waals surface area contributed by atoms with Gasteiger partial charge in [0.15, 0.2) is 0 Å². The molecule has 0 unspecified atom stereocenters. The number of rotatable bonds is 8. The molecule has 168 valence electrons. The van der Waals surface area contributed by atoms with Gasteiger partial charge in [0, 0.05) is 0 Å². The van der Waals surface area contributed by atoms with Crippen LogP contribution < -0.4 is 14.8 Å². The standard InChI is InChI=1S/C27H26N2O4/c1-18-15-19(2)17-21(16-18)33-14-13-29-26(30)24(20-9-5-4-6-10-20)25(27(29)31)28-22-11-7-8-12-23(22)32-3/h4-12,15-17,28H,13-14H2,1-3H3. The number of anilines is 1. The van der Waals surface area contributed by atoms with E-state index in [1.54, 1.807) is 19.2 Å². The van der Waals surface area contributed by atoms with Gasteiger partial charge in [0.25, 0.3) is 11.8 Å². The largest absolute Gasteiger partial charge is 0.495 e. The van der Waals surface area contributed by atoms with E-state index in [0.717, 1.165) is 16.9 Å². The van der Waals surface area contributed by atoms with Crippen molar-refractivity contribution in [3.63, 3.8) is 0 Å². The zero-order valence-electron chi connectivity index (χ0n) is 18.9. The van der Waals surface area contributed by atoms with Gasteiger partial charge in [0.1, 0.15) is 23.8 Å². The van der Waals surface area contributed by atoms with Crippen molar-refractivity contribution in [2.24, 2.45) is 0 Å². The molecule has 1 aliphatic rings. The van der Waals surface area contributed by atoms with Crippen molar-refractivity contribution in [2.45, 2.75) is 13.8 Å². The third-order valence-electron chi connectivity index (χ3n) is 5.38. The predicted molar refractivity (Wildman–Crippen MR) is 128 cm³/mol. The summed E-state index contributed by atoms with van der Waals surface area (Å²) in [6, 6.07) is 22.4. The molecule has 1 heterocycles. The summed E-state index contributed by atoms with van der Waals surface area (Å²) in [4.78, 5) is 27.9. The lowest BCUT2D eigenvalue weighted by atomic mass is 10.0. The van der Waals surface area contributed by atoms with Crippen LogP contribution in [0.5, 0.6) is 11.5 Å². The second kappa shape index (κ2) is 9.61. The Labute approximate surface area is 193 Å². The van der Waals surface area contributed by atoms with Gasteiger partial charge in [-0.2, -0.15) is 0 Å². The van der Waals surface area contributed by atoms with Crippen LogP contribution >= 0.6 is 0 Å². The average Bonchev–Trinajstić information content (AvgIpc) is 3.03. The molecule has 6 heteroatoms. The van der Waals surface area contributed by atoms with Crippen LogP contribution in [0.4, 0.5) is 5.69 Å². The topological polar surface area (TPSA) is 67.9 Å². The Morgan fingerprint density at radius 1 is 0.848 bits per heavy atom. The van der Waals surface area contributed by atoms with Crippen molar-refractivity contribution in [3.8, 4) is 11.5 Å². The smallest absolute Gasteiger partial charge is 0.278 e.